The Morgan fingerprint density at radius 1 is 1.40 bits per heavy atom. The minimum atomic E-state index is -0.409. The first kappa shape index (κ1) is 14.6. The number of nitrogens with one attached hydrogen (secondary N) is 1. The van der Waals surface area contributed by atoms with Gasteiger partial charge in [-0.1, -0.05) is 25.1 Å². The van der Waals surface area contributed by atoms with Crippen LogP contribution < -0.4 is 11.1 Å². The van der Waals surface area contributed by atoms with Gasteiger partial charge in [0.25, 0.3) is 0 Å². The highest BCUT2D eigenvalue weighted by atomic mass is 19.1. The number of imide groups is 1. The molecule has 20 heavy (non-hydrogen) atoms. The summed E-state index contributed by atoms with van der Waals surface area (Å²) in [6.45, 7) is 2.30. The van der Waals surface area contributed by atoms with Crippen molar-refractivity contribution in [2.75, 3.05) is 6.54 Å². The van der Waals surface area contributed by atoms with E-state index in [1.54, 1.807) is 23.1 Å². The van der Waals surface area contributed by atoms with E-state index in [1.807, 2.05) is 6.92 Å². The first-order chi connectivity index (χ1) is 9.56. The first-order valence-electron chi connectivity index (χ1n) is 6.60. The summed E-state index contributed by atoms with van der Waals surface area (Å²) in [5, 5.41) is 2.30. The van der Waals surface area contributed by atoms with E-state index >= 15 is 0 Å². The van der Waals surface area contributed by atoms with E-state index in [9.17, 15) is 14.0 Å². The van der Waals surface area contributed by atoms with Crippen LogP contribution in [0.25, 0.3) is 0 Å². The highest BCUT2D eigenvalue weighted by Gasteiger charge is 2.32. The molecule has 1 heterocycles. The van der Waals surface area contributed by atoms with Gasteiger partial charge in [0, 0.05) is 24.2 Å². The molecule has 1 unspecified atom stereocenters. The molecule has 6 heteroatoms. The van der Waals surface area contributed by atoms with Gasteiger partial charge in [0.05, 0.1) is 12.6 Å². The maximum Gasteiger partial charge on any atom is 0.243 e. The standard InChI is InChI=1S/C14H18FN3O2/c1-2-11-14(20)17-12(19)8-18(11)7-10-5-3-4-9(6-16)13(10)15/h3-5,11H,2,6-8,16H2,1H3,(H,17,19,20). The third-order valence-corrected chi connectivity index (χ3v) is 3.49. The molecular weight excluding hydrogens is 261 g/mol. The summed E-state index contributed by atoms with van der Waals surface area (Å²) < 4.78 is 14.2. The molecule has 1 aliphatic heterocycles. The first-order valence-corrected chi connectivity index (χ1v) is 6.60. The van der Waals surface area contributed by atoms with Crippen LogP contribution in [0.1, 0.15) is 24.5 Å². The summed E-state index contributed by atoms with van der Waals surface area (Å²) in [4.78, 5) is 24.9. The Bertz CT molecular complexity index is 533. The van der Waals surface area contributed by atoms with Crippen LogP contribution in [0.2, 0.25) is 0 Å². The molecule has 1 aliphatic rings. The lowest BCUT2D eigenvalue weighted by Gasteiger charge is -2.33. The average Bonchev–Trinajstić information content (AvgIpc) is 2.41. The highest BCUT2D eigenvalue weighted by molar-refractivity contribution is 6.01. The van der Waals surface area contributed by atoms with Crippen molar-refractivity contribution in [3.05, 3.63) is 35.1 Å². The minimum Gasteiger partial charge on any atom is -0.326 e. The Morgan fingerprint density at radius 2 is 2.10 bits per heavy atom. The fourth-order valence-electron chi connectivity index (χ4n) is 2.46. The van der Waals surface area contributed by atoms with Crippen LogP contribution in [0, 0.1) is 5.82 Å². The molecule has 0 spiro atoms. The molecule has 1 atom stereocenters. The zero-order valence-corrected chi connectivity index (χ0v) is 11.4. The quantitative estimate of drug-likeness (QED) is 0.788. The molecule has 0 bridgehead atoms. The maximum absolute atomic E-state index is 14.2. The van der Waals surface area contributed by atoms with Crippen LogP contribution >= 0.6 is 0 Å². The number of carbonyl (C=O) groups excluding carboxylic acids is 2. The van der Waals surface area contributed by atoms with Gasteiger partial charge in [0.1, 0.15) is 5.82 Å². The predicted molar refractivity (Wildman–Crippen MR) is 71.9 cm³/mol. The van der Waals surface area contributed by atoms with Crippen molar-refractivity contribution >= 4 is 11.8 Å². The number of carbonyl (C=O) groups is 2. The Morgan fingerprint density at radius 3 is 2.75 bits per heavy atom. The van der Waals surface area contributed by atoms with Crippen molar-refractivity contribution in [2.45, 2.75) is 32.5 Å². The number of piperazine rings is 1. The van der Waals surface area contributed by atoms with Crippen LogP contribution in [0.5, 0.6) is 0 Å². The molecule has 3 N–H and O–H groups in total. The van der Waals surface area contributed by atoms with E-state index < -0.39 is 6.04 Å². The van der Waals surface area contributed by atoms with Crippen LogP contribution in [0.4, 0.5) is 4.39 Å². The van der Waals surface area contributed by atoms with Gasteiger partial charge < -0.3 is 5.73 Å². The molecule has 2 amide bonds. The third-order valence-electron chi connectivity index (χ3n) is 3.49. The van der Waals surface area contributed by atoms with E-state index in [0.29, 0.717) is 17.5 Å². The lowest BCUT2D eigenvalue weighted by atomic mass is 10.1. The zero-order chi connectivity index (χ0) is 14.7. The largest absolute Gasteiger partial charge is 0.326 e. The van der Waals surface area contributed by atoms with Gasteiger partial charge in [-0.25, -0.2) is 4.39 Å². The van der Waals surface area contributed by atoms with Gasteiger partial charge >= 0.3 is 0 Å². The van der Waals surface area contributed by atoms with Crippen LogP contribution in [-0.2, 0) is 22.7 Å². The molecule has 0 aromatic heterocycles. The van der Waals surface area contributed by atoms with Crippen molar-refractivity contribution in [3.8, 4) is 0 Å². The van der Waals surface area contributed by atoms with Gasteiger partial charge in [0.15, 0.2) is 0 Å². The molecule has 108 valence electrons. The molecule has 1 aromatic rings. The SMILES string of the molecule is CCC1C(=O)NC(=O)CN1Cc1cccc(CN)c1F. The van der Waals surface area contributed by atoms with Crippen molar-refractivity contribution in [2.24, 2.45) is 5.73 Å². The number of rotatable bonds is 4. The lowest BCUT2D eigenvalue weighted by Crippen LogP contribution is -2.57. The Kier molecular flexibility index (Phi) is 4.46. The molecule has 0 radical (unpaired) electrons. The van der Waals surface area contributed by atoms with Gasteiger partial charge in [0.2, 0.25) is 11.8 Å². The highest BCUT2D eigenvalue weighted by Crippen LogP contribution is 2.18. The molecule has 5 nitrogen and oxygen atoms in total. The van der Waals surface area contributed by atoms with Crippen molar-refractivity contribution in [1.82, 2.24) is 10.2 Å². The molecule has 1 saturated heterocycles. The maximum atomic E-state index is 14.2. The number of hydrogen-bond acceptors (Lipinski definition) is 4. The number of nitrogens with two attached hydrogens (primary N) is 1. The van der Waals surface area contributed by atoms with E-state index in [0.717, 1.165) is 0 Å². The summed E-state index contributed by atoms with van der Waals surface area (Å²) in [6.07, 6.45) is 0.567. The number of nitrogens with zero attached hydrogens (tertiary/aromatic N) is 1. The van der Waals surface area contributed by atoms with E-state index in [-0.39, 0.29) is 37.3 Å². The van der Waals surface area contributed by atoms with Crippen molar-refractivity contribution in [3.63, 3.8) is 0 Å². The summed E-state index contributed by atoms with van der Waals surface area (Å²) >= 11 is 0. The summed E-state index contributed by atoms with van der Waals surface area (Å²) in [5.74, 6) is -1.03. The normalized spacial score (nSPS) is 20.1. The molecule has 2 rings (SSSR count). The summed E-state index contributed by atoms with van der Waals surface area (Å²) in [7, 11) is 0. The van der Waals surface area contributed by atoms with Crippen molar-refractivity contribution < 1.29 is 14.0 Å². The number of halogens is 1. The monoisotopic (exact) mass is 279 g/mol. The van der Waals surface area contributed by atoms with E-state index in [1.165, 1.54) is 0 Å². The lowest BCUT2D eigenvalue weighted by molar-refractivity contribution is -0.140. The number of amides is 2. The van der Waals surface area contributed by atoms with E-state index in [4.69, 9.17) is 5.73 Å². The number of benzene rings is 1. The molecule has 0 aliphatic carbocycles. The Hall–Kier alpha value is -1.79. The third kappa shape index (κ3) is 2.86. The van der Waals surface area contributed by atoms with E-state index in [2.05, 4.69) is 5.32 Å². The van der Waals surface area contributed by atoms with Gasteiger partial charge in [-0.2, -0.15) is 0 Å². The molecule has 1 aromatic carbocycles. The Balaban J connectivity index is 2.23. The average molecular weight is 279 g/mol. The zero-order valence-electron chi connectivity index (χ0n) is 11.4. The summed E-state index contributed by atoms with van der Waals surface area (Å²) in [5.41, 5.74) is 6.36. The minimum absolute atomic E-state index is 0.0938. The van der Waals surface area contributed by atoms with Crippen LogP contribution in [-0.4, -0.2) is 29.3 Å². The molecular formula is C14H18FN3O2. The van der Waals surface area contributed by atoms with Crippen LogP contribution in [0.15, 0.2) is 18.2 Å². The molecule has 1 fully saturated rings. The van der Waals surface area contributed by atoms with Crippen molar-refractivity contribution in [1.29, 1.82) is 0 Å². The molecule has 0 saturated carbocycles. The summed E-state index contributed by atoms with van der Waals surface area (Å²) in [6, 6.07) is 4.60. The Labute approximate surface area is 116 Å². The van der Waals surface area contributed by atoms with Gasteiger partial charge in [-0.3, -0.25) is 19.8 Å². The van der Waals surface area contributed by atoms with Gasteiger partial charge in [-0.05, 0) is 6.42 Å². The van der Waals surface area contributed by atoms with Gasteiger partial charge in [-0.15, -0.1) is 0 Å². The second-order valence-electron chi connectivity index (χ2n) is 4.84. The number of hydrogen-bond donors (Lipinski definition) is 2. The fraction of sp³-hybridized carbons (Fsp3) is 0.429. The smallest absolute Gasteiger partial charge is 0.243 e. The topological polar surface area (TPSA) is 75.4 Å². The fourth-order valence-corrected chi connectivity index (χ4v) is 2.46. The second-order valence-corrected chi connectivity index (χ2v) is 4.84. The predicted octanol–water partition coefficient (Wildman–Crippen LogP) is 0.521. The van der Waals surface area contributed by atoms with Crippen LogP contribution in [0.3, 0.4) is 0 Å². The second kappa shape index (κ2) is 6.11.